The summed E-state index contributed by atoms with van der Waals surface area (Å²) >= 11 is 0. The summed E-state index contributed by atoms with van der Waals surface area (Å²) in [5.41, 5.74) is 2.60. The molecule has 2 aromatic rings. The molecule has 2 rings (SSSR count). The number of carbonyl (C=O) groups excluding carboxylic acids is 1. The van der Waals surface area contributed by atoms with Gasteiger partial charge in [-0.25, -0.2) is 0 Å². The molecule has 6 nitrogen and oxygen atoms in total. The molecule has 28 heavy (non-hydrogen) atoms. The first-order valence-corrected chi connectivity index (χ1v) is 9.20. The van der Waals surface area contributed by atoms with E-state index in [1.54, 1.807) is 0 Å². The van der Waals surface area contributed by atoms with E-state index in [9.17, 15) is 14.9 Å². The minimum Gasteiger partial charge on any atom is -0.483 e. The number of nitrogens with zero attached hydrogens (tertiary/aromatic N) is 1. The molecule has 6 heteroatoms. The molecule has 2 aromatic carbocycles. The molecule has 0 fully saturated rings. The molecule has 0 bridgehead atoms. The molecular formula is C22H28N2O4. The molecule has 150 valence electrons. The number of nitrogens with one attached hydrogen (secondary N) is 1. The number of hydrogen-bond donors (Lipinski definition) is 1. The summed E-state index contributed by atoms with van der Waals surface area (Å²) < 4.78 is 5.81. The third kappa shape index (κ3) is 5.55. The van der Waals surface area contributed by atoms with E-state index in [1.807, 2.05) is 12.1 Å². The number of ether oxygens (including phenoxy) is 1. The highest BCUT2D eigenvalue weighted by atomic mass is 16.6. The predicted molar refractivity (Wildman–Crippen MR) is 111 cm³/mol. The number of nitro groups is 1. The topological polar surface area (TPSA) is 81.5 Å². The van der Waals surface area contributed by atoms with Crippen LogP contribution in [-0.4, -0.2) is 17.4 Å². The molecule has 0 saturated carbocycles. The van der Waals surface area contributed by atoms with E-state index in [4.69, 9.17) is 4.74 Å². The molecule has 0 spiro atoms. The second-order valence-corrected chi connectivity index (χ2v) is 8.85. The number of carbonyl (C=O) groups is 1. The zero-order valence-electron chi connectivity index (χ0n) is 17.3. The van der Waals surface area contributed by atoms with Gasteiger partial charge in [0.05, 0.1) is 4.92 Å². The van der Waals surface area contributed by atoms with Gasteiger partial charge < -0.3 is 10.1 Å². The van der Waals surface area contributed by atoms with Gasteiger partial charge >= 0.3 is 0 Å². The minimum absolute atomic E-state index is 0.0197. The fraction of sp³-hybridized carbons (Fsp3) is 0.409. The van der Waals surface area contributed by atoms with Crippen LogP contribution in [0.1, 0.15) is 52.7 Å². The Morgan fingerprint density at radius 2 is 1.61 bits per heavy atom. The largest absolute Gasteiger partial charge is 0.483 e. The number of hydrogen-bond acceptors (Lipinski definition) is 4. The van der Waals surface area contributed by atoms with E-state index < -0.39 is 4.92 Å². The molecule has 0 atom stereocenters. The van der Waals surface area contributed by atoms with E-state index in [0.717, 1.165) is 5.56 Å². The van der Waals surface area contributed by atoms with Crippen molar-refractivity contribution in [2.24, 2.45) is 0 Å². The first-order chi connectivity index (χ1) is 12.9. The number of nitro benzene ring substituents is 1. The van der Waals surface area contributed by atoms with Crippen molar-refractivity contribution in [1.82, 2.24) is 0 Å². The van der Waals surface area contributed by atoms with Crippen LogP contribution in [0.25, 0.3) is 0 Å². The van der Waals surface area contributed by atoms with Crippen LogP contribution < -0.4 is 10.1 Å². The van der Waals surface area contributed by atoms with Crippen molar-refractivity contribution in [3.63, 3.8) is 0 Å². The van der Waals surface area contributed by atoms with Crippen molar-refractivity contribution in [2.75, 3.05) is 11.9 Å². The maximum Gasteiger partial charge on any atom is 0.269 e. The summed E-state index contributed by atoms with van der Waals surface area (Å²) in [6.07, 6.45) is 0. The third-order valence-corrected chi connectivity index (χ3v) is 4.37. The quantitative estimate of drug-likeness (QED) is 0.567. The highest BCUT2D eigenvalue weighted by Crippen LogP contribution is 2.35. The van der Waals surface area contributed by atoms with Gasteiger partial charge in [0, 0.05) is 17.8 Å². The number of amides is 1. The van der Waals surface area contributed by atoms with Crippen LogP contribution in [0.5, 0.6) is 5.75 Å². The Morgan fingerprint density at radius 1 is 1.00 bits per heavy atom. The van der Waals surface area contributed by atoms with Crippen LogP contribution in [-0.2, 0) is 15.6 Å². The molecular weight excluding hydrogens is 356 g/mol. The molecule has 0 aliphatic carbocycles. The Bertz CT molecular complexity index is 860. The van der Waals surface area contributed by atoms with Gasteiger partial charge in [0.2, 0.25) is 0 Å². The van der Waals surface area contributed by atoms with Crippen molar-refractivity contribution < 1.29 is 14.5 Å². The summed E-state index contributed by atoms with van der Waals surface area (Å²) in [4.78, 5) is 22.4. The monoisotopic (exact) mass is 384 g/mol. The fourth-order valence-corrected chi connectivity index (χ4v) is 2.72. The van der Waals surface area contributed by atoms with Crippen molar-refractivity contribution in [2.45, 2.75) is 52.4 Å². The second kappa shape index (κ2) is 8.00. The smallest absolute Gasteiger partial charge is 0.269 e. The number of rotatable bonds is 5. The van der Waals surface area contributed by atoms with Crippen LogP contribution >= 0.6 is 0 Å². The highest BCUT2D eigenvalue weighted by molar-refractivity contribution is 5.92. The van der Waals surface area contributed by atoms with Crippen molar-refractivity contribution in [3.05, 3.63) is 63.7 Å². The van der Waals surface area contributed by atoms with Crippen LogP contribution in [0.15, 0.2) is 42.5 Å². The molecule has 0 saturated heterocycles. The summed E-state index contributed by atoms with van der Waals surface area (Å²) in [6.45, 7) is 12.7. The number of anilines is 1. The number of non-ortho nitro benzene ring substituents is 1. The standard InChI is InChI=1S/C22H28N2O4/c1-21(2,3)15-7-12-19(18(13-15)22(4,5)6)28-14-20(25)23-16-8-10-17(11-9-16)24(26)27/h7-13H,14H2,1-6H3,(H,23,25). The van der Waals surface area contributed by atoms with E-state index in [2.05, 4.69) is 52.9 Å². The molecule has 1 N–H and O–H groups in total. The van der Waals surface area contributed by atoms with Gasteiger partial charge in [-0.05, 0) is 40.2 Å². The lowest BCUT2D eigenvalue weighted by molar-refractivity contribution is -0.384. The SMILES string of the molecule is CC(C)(C)c1ccc(OCC(=O)Nc2ccc([N+](=O)[O-])cc2)c(C(C)(C)C)c1. The Balaban J connectivity index is 2.10. The lowest BCUT2D eigenvalue weighted by Gasteiger charge is -2.27. The summed E-state index contributed by atoms with van der Waals surface area (Å²) in [5.74, 6) is 0.355. The van der Waals surface area contributed by atoms with Crippen LogP contribution in [0.3, 0.4) is 0 Å². The molecule has 0 unspecified atom stereocenters. The molecule has 0 aliphatic rings. The predicted octanol–water partition coefficient (Wildman–Crippen LogP) is 5.21. The summed E-state index contributed by atoms with van der Waals surface area (Å²) in [5, 5.41) is 13.4. The molecule has 0 aromatic heterocycles. The highest BCUT2D eigenvalue weighted by Gasteiger charge is 2.23. The molecule has 1 amide bonds. The third-order valence-electron chi connectivity index (χ3n) is 4.37. The van der Waals surface area contributed by atoms with Crippen molar-refractivity contribution in [3.8, 4) is 5.75 Å². The Labute approximate surface area is 166 Å². The Morgan fingerprint density at radius 3 is 2.11 bits per heavy atom. The average molecular weight is 384 g/mol. The van der Waals surface area contributed by atoms with E-state index >= 15 is 0 Å². The average Bonchev–Trinajstić information content (AvgIpc) is 2.58. The zero-order valence-corrected chi connectivity index (χ0v) is 17.3. The first kappa shape index (κ1) is 21.4. The minimum atomic E-state index is -0.482. The van der Waals surface area contributed by atoms with Crippen LogP contribution in [0.4, 0.5) is 11.4 Å². The maximum atomic E-state index is 12.2. The first-order valence-electron chi connectivity index (χ1n) is 9.20. The van der Waals surface area contributed by atoms with Gasteiger partial charge in [0.25, 0.3) is 11.6 Å². The van der Waals surface area contributed by atoms with Gasteiger partial charge in [0.1, 0.15) is 5.75 Å². The van der Waals surface area contributed by atoms with Gasteiger partial charge in [-0.1, -0.05) is 53.7 Å². The molecule has 0 radical (unpaired) electrons. The van der Waals surface area contributed by atoms with Gasteiger partial charge in [0.15, 0.2) is 6.61 Å². The fourth-order valence-electron chi connectivity index (χ4n) is 2.72. The summed E-state index contributed by atoms with van der Waals surface area (Å²) in [6, 6.07) is 11.8. The second-order valence-electron chi connectivity index (χ2n) is 8.85. The van der Waals surface area contributed by atoms with Gasteiger partial charge in [-0.15, -0.1) is 0 Å². The molecule has 0 heterocycles. The van der Waals surface area contributed by atoms with Crippen LogP contribution in [0, 0.1) is 10.1 Å². The molecule has 0 aliphatic heterocycles. The van der Waals surface area contributed by atoms with Gasteiger partial charge in [-0.2, -0.15) is 0 Å². The number of benzene rings is 2. The van der Waals surface area contributed by atoms with E-state index in [0.29, 0.717) is 11.4 Å². The van der Waals surface area contributed by atoms with E-state index in [1.165, 1.54) is 29.8 Å². The maximum absolute atomic E-state index is 12.2. The Kier molecular flexibility index (Phi) is 6.12. The van der Waals surface area contributed by atoms with Crippen LogP contribution in [0.2, 0.25) is 0 Å². The van der Waals surface area contributed by atoms with Crippen molar-refractivity contribution in [1.29, 1.82) is 0 Å². The Hall–Kier alpha value is -2.89. The zero-order chi connectivity index (χ0) is 21.1. The van der Waals surface area contributed by atoms with Gasteiger partial charge in [-0.3, -0.25) is 14.9 Å². The normalized spacial score (nSPS) is 11.8. The summed E-state index contributed by atoms with van der Waals surface area (Å²) in [7, 11) is 0. The lowest BCUT2D eigenvalue weighted by Crippen LogP contribution is -2.22. The van der Waals surface area contributed by atoms with Crippen molar-refractivity contribution >= 4 is 17.3 Å². The lowest BCUT2D eigenvalue weighted by atomic mass is 9.80. The van der Waals surface area contributed by atoms with E-state index in [-0.39, 0.29) is 29.0 Å².